The molecule has 52 heavy (non-hydrogen) atoms. The van der Waals surface area contributed by atoms with Gasteiger partial charge < -0.3 is 25.6 Å². The van der Waals surface area contributed by atoms with Gasteiger partial charge in [-0.05, 0) is 89.5 Å². The monoisotopic (exact) mass is 727 g/mol. The van der Waals surface area contributed by atoms with Crippen molar-refractivity contribution in [3.63, 3.8) is 0 Å². The second kappa shape index (κ2) is 37.1. The van der Waals surface area contributed by atoms with Gasteiger partial charge in [-0.25, -0.2) is 4.79 Å². The first-order valence-corrected chi connectivity index (χ1v) is 19.8. The number of hydrogen-bond acceptors (Lipinski definition) is 6. The maximum Gasteiger partial charge on any atom is 0.328 e. The van der Waals surface area contributed by atoms with E-state index >= 15 is 0 Å². The average molecular weight is 727 g/mol. The molecule has 294 valence electrons. The molecule has 0 heterocycles. The predicted octanol–water partition coefficient (Wildman–Crippen LogP) is 9.15. The second-order valence-corrected chi connectivity index (χ2v) is 13.0. The lowest BCUT2D eigenvalue weighted by Crippen LogP contribution is -2.47. The van der Waals surface area contributed by atoms with Gasteiger partial charge in [-0.15, -0.1) is 0 Å². The van der Waals surface area contributed by atoms with Crippen LogP contribution in [0.2, 0.25) is 0 Å². The van der Waals surface area contributed by atoms with E-state index in [0.29, 0.717) is 12.8 Å². The Morgan fingerprint density at radius 1 is 0.615 bits per heavy atom. The Balaban J connectivity index is 4.25. The first kappa shape index (κ1) is 48.3. The Kier molecular flexibility index (Phi) is 34.4. The van der Waals surface area contributed by atoms with Gasteiger partial charge in [0.05, 0.1) is 13.2 Å². The van der Waals surface area contributed by atoms with E-state index in [1.807, 2.05) is 6.08 Å². The van der Waals surface area contributed by atoms with Gasteiger partial charge in [-0.1, -0.05) is 119 Å². The summed E-state index contributed by atoms with van der Waals surface area (Å²) in [6.45, 7) is 3.27. The van der Waals surface area contributed by atoms with Crippen LogP contribution >= 0.6 is 0 Å². The molecular weight excluding hydrogens is 656 g/mol. The molecule has 0 bridgehead atoms. The van der Waals surface area contributed by atoms with Crippen LogP contribution in [0.15, 0.2) is 72.9 Å². The zero-order valence-electron chi connectivity index (χ0n) is 32.3. The SMILES string of the molecule is CC/C=C\C/C=C\C/C=C\C/C=C\C/C=C\CCCCCC(=O)OC(/C=C\CCCCCC)CCCCCCC(=O)NCC(=O)NC(CO)C(=O)O. The van der Waals surface area contributed by atoms with Crippen LogP contribution in [-0.4, -0.2) is 59.3 Å². The van der Waals surface area contributed by atoms with Crippen molar-refractivity contribution < 1.29 is 34.1 Å². The molecule has 0 spiro atoms. The molecule has 0 saturated carbocycles. The number of amides is 2. The molecule has 2 unspecified atom stereocenters. The third-order valence-electron chi connectivity index (χ3n) is 8.17. The van der Waals surface area contributed by atoms with E-state index < -0.39 is 24.5 Å². The summed E-state index contributed by atoms with van der Waals surface area (Å²) in [6, 6.07) is -1.39. The summed E-state index contributed by atoms with van der Waals surface area (Å²) in [5.41, 5.74) is 0. The number of allylic oxidation sites excluding steroid dienone is 11. The molecule has 0 rings (SSSR count). The number of hydrogen-bond donors (Lipinski definition) is 4. The fourth-order valence-corrected chi connectivity index (χ4v) is 5.12. The van der Waals surface area contributed by atoms with Crippen molar-refractivity contribution in [3.8, 4) is 0 Å². The first-order valence-electron chi connectivity index (χ1n) is 19.8. The number of ether oxygens (including phenoxy) is 1. The molecule has 0 saturated heterocycles. The molecule has 9 heteroatoms. The summed E-state index contributed by atoms with van der Waals surface area (Å²) in [7, 11) is 0. The summed E-state index contributed by atoms with van der Waals surface area (Å²) in [4.78, 5) is 47.3. The molecular formula is C43H70N2O7. The normalized spacial score (nSPS) is 13.3. The number of carboxylic acids is 1. The van der Waals surface area contributed by atoms with Crippen LogP contribution in [0.4, 0.5) is 0 Å². The zero-order valence-corrected chi connectivity index (χ0v) is 32.3. The number of aliphatic hydroxyl groups is 1. The zero-order chi connectivity index (χ0) is 38.3. The highest BCUT2D eigenvalue weighted by molar-refractivity contribution is 5.87. The molecule has 0 aliphatic carbocycles. The van der Waals surface area contributed by atoms with Gasteiger partial charge in [-0.2, -0.15) is 0 Å². The maximum atomic E-state index is 12.6. The van der Waals surface area contributed by atoms with Crippen LogP contribution in [0.5, 0.6) is 0 Å². The lowest BCUT2D eigenvalue weighted by Gasteiger charge is -2.15. The van der Waals surface area contributed by atoms with E-state index in [2.05, 4.69) is 91.3 Å². The summed E-state index contributed by atoms with van der Waals surface area (Å²) in [5.74, 6) is -2.45. The molecule has 0 aliphatic heterocycles. The Labute approximate surface area is 314 Å². The lowest BCUT2D eigenvalue weighted by molar-refractivity contribution is -0.147. The van der Waals surface area contributed by atoms with Crippen molar-refractivity contribution in [2.24, 2.45) is 0 Å². The molecule has 9 nitrogen and oxygen atoms in total. The lowest BCUT2D eigenvalue weighted by atomic mass is 10.1. The third-order valence-corrected chi connectivity index (χ3v) is 8.17. The minimum absolute atomic E-state index is 0.148. The maximum absolute atomic E-state index is 12.6. The van der Waals surface area contributed by atoms with Gasteiger partial charge in [0.25, 0.3) is 0 Å². The quantitative estimate of drug-likeness (QED) is 0.0294. The van der Waals surface area contributed by atoms with E-state index in [-0.39, 0.29) is 30.9 Å². The Morgan fingerprint density at radius 3 is 1.75 bits per heavy atom. The van der Waals surface area contributed by atoms with Crippen molar-refractivity contribution in [2.45, 2.75) is 161 Å². The van der Waals surface area contributed by atoms with Crippen LogP contribution in [0.1, 0.15) is 149 Å². The van der Waals surface area contributed by atoms with Crippen molar-refractivity contribution >= 4 is 23.8 Å². The van der Waals surface area contributed by atoms with Crippen molar-refractivity contribution in [3.05, 3.63) is 72.9 Å². The predicted molar refractivity (Wildman–Crippen MR) is 213 cm³/mol. The summed E-state index contributed by atoms with van der Waals surface area (Å²) < 4.78 is 5.85. The Hall–Kier alpha value is -3.72. The molecule has 0 radical (unpaired) electrons. The van der Waals surface area contributed by atoms with Crippen LogP contribution < -0.4 is 10.6 Å². The molecule has 4 N–H and O–H groups in total. The van der Waals surface area contributed by atoms with Gasteiger partial charge in [0.2, 0.25) is 11.8 Å². The minimum atomic E-state index is -1.39. The van der Waals surface area contributed by atoms with Gasteiger partial charge >= 0.3 is 11.9 Å². The molecule has 0 aromatic carbocycles. The molecule has 2 atom stereocenters. The molecule has 0 fully saturated rings. The molecule has 0 aromatic heterocycles. The fraction of sp³-hybridized carbons (Fsp3) is 0.628. The summed E-state index contributed by atoms with van der Waals surface area (Å²) in [6.07, 6.45) is 45.2. The minimum Gasteiger partial charge on any atom is -0.480 e. The van der Waals surface area contributed by atoms with Crippen LogP contribution in [0.25, 0.3) is 0 Å². The first-order chi connectivity index (χ1) is 25.3. The van der Waals surface area contributed by atoms with Gasteiger partial charge in [0, 0.05) is 12.8 Å². The van der Waals surface area contributed by atoms with Crippen LogP contribution in [0.3, 0.4) is 0 Å². The Morgan fingerprint density at radius 2 is 1.15 bits per heavy atom. The van der Waals surface area contributed by atoms with Crippen molar-refractivity contribution in [2.75, 3.05) is 13.2 Å². The average Bonchev–Trinajstić information content (AvgIpc) is 3.13. The standard InChI is InChI=1S/C43H70N2O7/c1-3-5-7-9-11-12-13-14-15-16-17-18-19-20-21-22-23-25-31-35-42(49)52-38(32-28-24-10-8-6-4-2)33-29-26-27-30-34-40(47)44-36-41(48)45-39(37-46)43(50)51/h5,7,11-12,14-15,17-18,20-21,28,32,38-39,46H,3-4,6,8-10,13,16,19,22-27,29-31,33-37H2,1-2H3,(H,44,47)(H,45,48)(H,50,51)/b7-5-,12-11-,15-14-,18-17-,21-20-,32-28-. The van der Waals surface area contributed by atoms with Gasteiger partial charge in [0.15, 0.2) is 0 Å². The molecule has 0 aromatic rings. The number of aliphatic hydroxyl groups excluding tert-OH is 1. The van der Waals surface area contributed by atoms with E-state index in [0.717, 1.165) is 96.3 Å². The Bertz CT molecular complexity index is 1110. The summed E-state index contributed by atoms with van der Waals surface area (Å²) >= 11 is 0. The van der Waals surface area contributed by atoms with Gasteiger partial charge in [-0.3, -0.25) is 14.4 Å². The van der Waals surface area contributed by atoms with Crippen LogP contribution in [-0.2, 0) is 23.9 Å². The molecule has 0 aliphatic rings. The molecule has 2 amide bonds. The largest absolute Gasteiger partial charge is 0.480 e. The third kappa shape index (κ3) is 33.4. The number of carbonyl (C=O) groups excluding carboxylic acids is 3. The van der Waals surface area contributed by atoms with E-state index in [1.165, 1.54) is 19.3 Å². The van der Waals surface area contributed by atoms with E-state index in [1.54, 1.807) is 0 Å². The fourth-order valence-electron chi connectivity index (χ4n) is 5.12. The van der Waals surface area contributed by atoms with Gasteiger partial charge in [0.1, 0.15) is 12.1 Å². The van der Waals surface area contributed by atoms with Crippen molar-refractivity contribution in [1.82, 2.24) is 10.6 Å². The number of carboxylic acid groups (broad SMARTS) is 1. The van der Waals surface area contributed by atoms with E-state index in [9.17, 15) is 19.2 Å². The highest BCUT2D eigenvalue weighted by Gasteiger charge is 2.18. The number of esters is 1. The topological polar surface area (TPSA) is 142 Å². The smallest absolute Gasteiger partial charge is 0.328 e. The second-order valence-electron chi connectivity index (χ2n) is 13.0. The highest BCUT2D eigenvalue weighted by Crippen LogP contribution is 2.14. The van der Waals surface area contributed by atoms with Crippen molar-refractivity contribution in [1.29, 1.82) is 0 Å². The number of unbranched alkanes of at least 4 members (excludes halogenated alkanes) is 10. The number of nitrogens with one attached hydrogen (secondary N) is 2. The summed E-state index contributed by atoms with van der Waals surface area (Å²) in [5, 5.41) is 22.5. The highest BCUT2D eigenvalue weighted by atomic mass is 16.5. The number of rotatable bonds is 34. The number of carbonyl (C=O) groups is 4. The van der Waals surface area contributed by atoms with E-state index in [4.69, 9.17) is 14.9 Å². The number of aliphatic carboxylic acids is 1. The van der Waals surface area contributed by atoms with Crippen LogP contribution in [0, 0.1) is 0 Å².